The first kappa shape index (κ1) is 22.4. The average Bonchev–Trinajstić information content (AvgIpc) is 3.32. The second kappa shape index (κ2) is 10.6. The van der Waals surface area contributed by atoms with Crippen LogP contribution in [0.15, 0.2) is 45.3 Å². The van der Waals surface area contributed by atoms with Crippen molar-refractivity contribution in [2.45, 2.75) is 39.8 Å². The third-order valence-electron chi connectivity index (χ3n) is 4.08. The van der Waals surface area contributed by atoms with Crippen LogP contribution in [-0.4, -0.2) is 23.0 Å². The van der Waals surface area contributed by atoms with Crippen molar-refractivity contribution in [2.75, 3.05) is 7.05 Å². The van der Waals surface area contributed by atoms with Gasteiger partial charge in [-0.3, -0.25) is 4.99 Å². The number of rotatable bonds is 6. The summed E-state index contributed by atoms with van der Waals surface area (Å²) in [5.41, 5.74) is 4.14. The Morgan fingerprint density at radius 1 is 1.14 bits per heavy atom. The van der Waals surface area contributed by atoms with Gasteiger partial charge in [0.15, 0.2) is 5.96 Å². The van der Waals surface area contributed by atoms with Crippen LogP contribution in [0.25, 0.3) is 11.5 Å². The number of nitrogens with one attached hydrogen (secondary N) is 2. The van der Waals surface area contributed by atoms with Crippen molar-refractivity contribution in [1.29, 1.82) is 0 Å². The van der Waals surface area contributed by atoms with E-state index in [-0.39, 0.29) is 24.0 Å². The number of thiazole rings is 1. The zero-order valence-corrected chi connectivity index (χ0v) is 19.7. The van der Waals surface area contributed by atoms with Gasteiger partial charge in [0.05, 0.1) is 24.5 Å². The van der Waals surface area contributed by atoms with E-state index in [4.69, 9.17) is 4.42 Å². The van der Waals surface area contributed by atoms with E-state index in [1.165, 1.54) is 5.56 Å². The molecule has 0 aliphatic rings. The Kier molecular flexibility index (Phi) is 8.43. The molecular weight excluding hydrogens is 485 g/mol. The molecule has 2 heterocycles. The van der Waals surface area contributed by atoms with Gasteiger partial charge < -0.3 is 15.1 Å². The van der Waals surface area contributed by atoms with Crippen LogP contribution in [0.3, 0.4) is 0 Å². The van der Waals surface area contributed by atoms with Crippen molar-refractivity contribution >= 4 is 41.3 Å². The summed E-state index contributed by atoms with van der Waals surface area (Å²) in [6.07, 6.45) is 1.67. The number of aryl methyl sites for hydroxylation is 1. The Bertz CT molecular complexity index is 901. The Hall–Kier alpha value is -1.94. The standard InChI is InChI=1S/C20H25N5OS.HI/c1-13(2)17-12-27-18(25-17)10-23-20(21-4)22-9-16-11-26-19(24-16)15-7-5-14(3)6-8-15;/h5-8,11-13H,9-10H2,1-4H3,(H2,21,22,23);1H. The summed E-state index contributed by atoms with van der Waals surface area (Å²) >= 11 is 1.66. The fourth-order valence-corrected chi connectivity index (χ4v) is 3.34. The molecule has 8 heteroatoms. The van der Waals surface area contributed by atoms with Crippen molar-refractivity contribution in [1.82, 2.24) is 20.6 Å². The zero-order chi connectivity index (χ0) is 19.2. The highest BCUT2D eigenvalue weighted by molar-refractivity contribution is 14.0. The largest absolute Gasteiger partial charge is 0.444 e. The molecule has 0 radical (unpaired) electrons. The van der Waals surface area contributed by atoms with E-state index in [2.05, 4.69) is 51.7 Å². The number of nitrogens with zero attached hydrogens (tertiary/aromatic N) is 3. The molecule has 150 valence electrons. The molecule has 0 atom stereocenters. The van der Waals surface area contributed by atoms with Crippen LogP contribution in [0.4, 0.5) is 0 Å². The average molecular weight is 511 g/mol. The molecule has 2 N–H and O–H groups in total. The second-order valence-corrected chi connectivity index (χ2v) is 7.55. The molecule has 28 heavy (non-hydrogen) atoms. The summed E-state index contributed by atoms with van der Waals surface area (Å²) in [5.74, 6) is 1.78. The molecule has 0 amide bonds. The van der Waals surface area contributed by atoms with Gasteiger partial charge in [0, 0.05) is 18.0 Å². The van der Waals surface area contributed by atoms with Gasteiger partial charge in [0.1, 0.15) is 11.3 Å². The van der Waals surface area contributed by atoms with Gasteiger partial charge in [-0.25, -0.2) is 9.97 Å². The molecule has 0 fully saturated rings. The first-order valence-corrected chi connectivity index (χ1v) is 9.83. The zero-order valence-electron chi connectivity index (χ0n) is 16.5. The lowest BCUT2D eigenvalue weighted by Gasteiger charge is -2.09. The van der Waals surface area contributed by atoms with E-state index in [1.807, 2.05) is 24.3 Å². The third kappa shape index (κ3) is 6.03. The number of hydrogen-bond acceptors (Lipinski definition) is 5. The molecule has 0 bridgehead atoms. The minimum Gasteiger partial charge on any atom is -0.444 e. The molecule has 0 unspecified atom stereocenters. The number of aromatic nitrogens is 2. The lowest BCUT2D eigenvalue weighted by molar-refractivity contribution is 0.572. The van der Waals surface area contributed by atoms with Crippen LogP contribution in [-0.2, 0) is 13.1 Å². The van der Waals surface area contributed by atoms with Gasteiger partial charge in [-0.15, -0.1) is 35.3 Å². The van der Waals surface area contributed by atoms with E-state index in [0.29, 0.717) is 30.9 Å². The van der Waals surface area contributed by atoms with Crippen molar-refractivity contribution in [3.05, 3.63) is 57.9 Å². The van der Waals surface area contributed by atoms with E-state index >= 15 is 0 Å². The quantitative estimate of drug-likeness (QED) is 0.285. The molecule has 1 aromatic carbocycles. The molecule has 6 nitrogen and oxygen atoms in total. The first-order chi connectivity index (χ1) is 13.0. The Morgan fingerprint density at radius 3 is 2.50 bits per heavy atom. The predicted octanol–water partition coefficient (Wildman–Crippen LogP) is 4.71. The van der Waals surface area contributed by atoms with Crippen molar-refractivity contribution in [2.24, 2.45) is 4.99 Å². The number of guanidine groups is 1. The molecule has 2 aromatic heterocycles. The van der Waals surface area contributed by atoms with E-state index in [0.717, 1.165) is 22.0 Å². The molecule has 3 rings (SSSR count). The number of aliphatic imine (C=N–C) groups is 1. The maximum Gasteiger partial charge on any atom is 0.226 e. The summed E-state index contributed by atoms with van der Waals surface area (Å²) in [6, 6.07) is 8.12. The number of halogens is 1. The van der Waals surface area contributed by atoms with Crippen LogP contribution >= 0.6 is 35.3 Å². The number of oxazole rings is 1. The number of benzene rings is 1. The minimum absolute atomic E-state index is 0. The Morgan fingerprint density at radius 2 is 1.86 bits per heavy atom. The topological polar surface area (TPSA) is 75.3 Å². The molecule has 0 aliphatic carbocycles. The third-order valence-corrected chi connectivity index (χ3v) is 4.95. The van der Waals surface area contributed by atoms with Crippen molar-refractivity contribution in [3.63, 3.8) is 0 Å². The van der Waals surface area contributed by atoms with Gasteiger partial charge in [0.25, 0.3) is 0 Å². The summed E-state index contributed by atoms with van der Waals surface area (Å²) < 4.78 is 5.59. The van der Waals surface area contributed by atoms with Crippen LogP contribution in [0.5, 0.6) is 0 Å². The van der Waals surface area contributed by atoms with Gasteiger partial charge in [-0.2, -0.15) is 0 Å². The highest BCUT2D eigenvalue weighted by Gasteiger charge is 2.09. The lowest BCUT2D eigenvalue weighted by atomic mass is 10.1. The maximum atomic E-state index is 5.59. The van der Waals surface area contributed by atoms with Crippen molar-refractivity contribution < 1.29 is 4.42 Å². The first-order valence-electron chi connectivity index (χ1n) is 8.95. The molecule has 0 aliphatic heterocycles. The summed E-state index contributed by atoms with van der Waals surface area (Å²) in [5, 5.41) is 9.69. The molecule has 0 saturated carbocycles. The van der Waals surface area contributed by atoms with E-state index in [1.54, 1.807) is 24.6 Å². The van der Waals surface area contributed by atoms with E-state index in [9.17, 15) is 0 Å². The summed E-state index contributed by atoms with van der Waals surface area (Å²) in [4.78, 5) is 13.4. The van der Waals surface area contributed by atoms with Crippen LogP contribution in [0, 0.1) is 6.92 Å². The smallest absolute Gasteiger partial charge is 0.226 e. The predicted molar refractivity (Wildman–Crippen MR) is 125 cm³/mol. The lowest BCUT2D eigenvalue weighted by Crippen LogP contribution is -2.36. The van der Waals surface area contributed by atoms with Crippen molar-refractivity contribution in [3.8, 4) is 11.5 Å². The minimum atomic E-state index is 0. The second-order valence-electron chi connectivity index (χ2n) is 6.61. The highest BCUT2D eigenvalue weighted by Crippen LogP contribution is 2.19. The molecule has 0 spiro atoms. The van der Waals surface area contributed by atoms with E-state index < -0.39 is 0 Å². The van der Waals surface area contributed by atoms with Gasteiger partial charge >= 0.3 is 0 Å². The summed E-state index contributed by atoms with van der Waals surface area (Å²) in [7, 11) is 1.75. The molecular formula is C20H26IN5OS. The van der Waals surface area contributed by atoms with Crippen LogP contribution in [0.2, 0.25) is 0 Å². The van der Waals surface area contributed by atoms with Crippen LogP contribution in [0.1, 0.15) is 41.7 Å². The normalized spacial score (nSPS) is 11.4. The Labute approximate surface area is 186 Å². The fourth-order valence-electron chi connectivity index (χ4n) is 2.44. The van der Waals surface area contributed by atoms with Gasteiger partial charge in [-0.1, -0.05) is 31.5 Å². The van der Waals surface area contributed by atoms with Crippen LogP contribution < -0.4 is 10.6 Å². The summed E-state index contributed by atoms with van der Waals surface area (Å²) in [6.45, 7) is 7.53. The molecule has 0 saturated heterocycles. The fraction of sp³-hybridized carbons (Fsp3) is 0.350. The highest BCUT2D eigenvalue weighted by atomic mass is 127. The van der Waals surface area contributed by atoms with Gasteiger partial charge in [0.2, 0.25) is 5.89 Å². The monoisotopic (exact) mass is 511 g/mol. The SMILES string of the molecule is CN=C(NCc1coc(-c2ccc(C)cc2)n1)NCc1nc(C(C)C)cs1.I. The maximum absolute atomic E-state index is 5.59. The Balaban J connectivity index is 0.00000280. The molecule has 3 aromatic rings. The van der Waals surface area contributed by atoms with Gasteiger partial charge in [-0.05, 0) is 25.0 Å². The number of hydrogen-bond donors (Lipinski definition) is 2.